The van der Waals surface area contributed by atoms with Crippen molar-refractivity contribution in [1.29, 1.82) is 0 Å². The number of aryl methyl sites for hydroxylation is 1. The Morgan fingerprint density at radius 2 is 1.72 bits per heavy atom. The van der Waals surface area contributed by atoms with Gasteiger partial charge in [0.05, 0.1) is 12.7 Å². The van der Waals surface area contributed by atoms with Crippen LogP contribution in [0, 0.1) is 5.82 Å². The predicted octanol–water partition coefficient (Wildman–Crippen LogP) is 3.90. The highest BCUT2D eigenvalue weighted by Crippen LogP contribution is 2.21. The highest BCUT2D eigenvalue weighted by molar-refractivity contribution is 9.10. The Morgan fingerprint density at radius 1 is 1.03 bits per heavy atom. The summed E-state index contributed by atoms with van der Waals surface area (Å²) < 4.78 is 19.3. The SMILES string of the molecule is COc1ccc(CCC(=O)N2CCCN(C(=O)c3cc(F)ccc3Br)CC2)cc1. The van der Waals surface area contributed by atoms with Crippen LogP contribution < -0.4 is 4.74 Å². The summed E-state index contributed by atoms with van der Waals surface area (Å²) in [7, 11) is 1.62. The number of ether oxygens (including phenoxy) is 1. The third kappa shape index (κ3) is 5.56. The molecule has 0 aromatic heterocycles. The standard InChI is InChI=1S/C22H24BrFN2O3/c1-29-18-7-3-16(4-8-18)5-10-21(27)25-11-2-12-26(14-13-25)22(28)19-15-17(24)6-9-20(19)23/h3-4,6-9,15H,2,5,10-14H2,1H3. The zero-order valence-corrected chi connectivity index (χ0v) is 18.0. The second kappa shape index (κ2) is 9.87. The van der Waals surface area contributed by atoms with Crippen molar-refractivity contribution in [1.82, 2.24) is 9.80 Å². The number of rotatable bonds is 5. The molecule has 0 saturated carbocycles. The molecule has 29 heavy (non-hydrogen) atoms. The Bertz CT molecular complexity index is 873. The molecule has 1 fully saturated rings. The van der Waals surface area contributed by atoms with E-state index in [-0.39, 0.29) is 11.8 Å². The van der Waals surface area contributed by atoms with Crippen molar-refractivity contribution in [2.45, 2.75) is 19.3 Å². The van der Waals surface area contributed by atoms with Crippen molar-refractivity contribution < 1.29 is 18.7 Å². The molecule has 1 saturated heterocycles. The Hall–Kier alpha value is -2.41. The van der Waals surface area contributed by atoms with Crippen LogP contribution in [0.25, 0.3) is 0 Å². The van der Waals surface area contributed by atoms with Gasteiger partial charge in [-0.2, -0.15) is 0 Å². The second-order valence-corrected chi connectivity index (χ2v) is 7.85. The van der Waals surface area contributed by atoms with Crippen molar-refractivity contribution >= 4 is 27.7 Å². The Balaban J connectivity index is 1.55. The first-order chi connectivity index (χ1) is 14.0. The molecule has 2 aromatic carbocycles. The number of carbonyl (C=O) groups excluding carboxylic acids is 2. The van der Waals surface area contributed by atoms with E-state index in [0.29, 0.717) is 55.5 Å². The van der Waals surface area contributed by atoms with Crippen LogP contribution in [0.2, 0.25) is 0 Å². The molecule has 2 amide bonds. The minimum absolute atomic E-state index is 0.0852. The Labute approximate surface area is 178 Å². The lowest BCUT2D eigenvalue weighted by Crippen LogP contribution is -2.37. The van der Waals surface area contributed by atoms with E-state index in [0.717, 1.165) is 11.3 Å². The number of carbonyl (C=O) groups is 2. The van der Waals surface area contributed by atoms with Gasteiger partial charge in [-0.15, -0.1) is 0 Å². The summed E-state index contributed by atoms with van der Waals surface area (Å²) in [4.78, 5) is 28.9. The van der Waals surface area contributed by atoms with E-state index in [2.05, 4.69) is 15.9 Å². The van der Waals surface area contributed by atoms with Gasteiger partial charge in [0.1, 0.15) is 11.6 Å². The Kier molecular flexibility index (Phi) is 7.25. The number of methoxy groups -OCH3 is 1. The van der Waals surface area contributed by atoms with Gasteiger partial charge in [0.2, 0.25) is 5.91 Å². The van der Waals surface area contributed by atoms with Crippen LogP contribution in [-0.2, 0) is 11.2 Å². The molecule has 0 spiro atoms. The van der Waals surface area contributed by atoms with Gasteiger partial charge >= 0.3 is 0 Å². The lowest BCUT2D eigenvalue weighted by atomic mass is 10.1. The van der Waals surface area contributed by atoms with E-state index in [1.807, 2.05) is 29.2 Å². The fourth-order valence-electron chi connectivity index (χ4n) is 3.40. The molecule has 0 aliphatic carbocycles. The van der Waals surface area contributed by atoms with Gasteiger partial charge in [0, 0.05) is 37.1 Å². The molecule has 0 radical (unpaired) electrons. The van der Waals surface area contributed by atoms with E-state index in [1.54, 1.807) is 12.0 Å². The summed E-state index contributed by atoms with van der Waals surface area (Å²) in [5.41, 5.74) is 1.39. The maximum absolute atomic E-state index is 13.5. The predicted molar refractivity (Wildman–Crippen MR) is 113 cm³/mol. The molecule has 7 heteroatoms. The third-order valence-corrected chi connectivity index (χ3v) is 5.77. The maximum atomic E-state index is 13.5. The van der Waals surface area contributed by atoms with Crippen LogP contribution in [-0.4, -0.2) is 54.9 Å². The molecule has 1 aliphatic heterocycles. The highest BCUT2D eigenvalue weighted by atomic mass is 79.9. The number of hydrogen-bond donors (Lipinski definition) is 0. The molecular formula is C22H24BrFN2O3. The molecule has 2 aromatic rings. The molecular weight excluding hydrogens is 439 g/mol. The summed E-state index contributed by atoms with van der Waals surface area (Å²) in [5.74, 6) is 0.218. The average molecular weight is 463 g/mol. The molecule has 0 unspecified atom stereocenters. The van der Waals surface area contributed by atoms with Crippen LogP contribution in [0.4, 0.5) is 4.39 Å². The molecule has 0 bridgehead atoms. The summed E-state index contributed by atoms with van der Waals surface area (Å²) >= 11 is 3.32. The first-order valence-electron chi connectivity index (χ1n) is 9.63. The summed E-state index contributed by atoms with van der Waals surface area (Å²) in [6.45, 7) is 2.09. The molecule has 154 valence electrons. The minimum atomic E-state index is -0.443. The van der Waals surface area contributed by atoms with Crippen LogP contribution in [0.5, 0.6) is 5.75 Å². The van der Waals surface area contributed by atoms with Gasteiger partial charge in [0.15, 0.2) is 0 Å². The number of benzene rings is 2. The maximum Gasteiger partial charge on any atom is 0.255 e. The fourth-order valence-corrected chi connectivity index (χ4v) is 3.82. The summed E-state index contributed by atoms with van der Waals surface area (Å²) in [5, 5.41) is 0. The van der Waals surface area contributed by atoms with E-state index in [1.165, 1.54) is 18.2 Å². The van der Waals surface area contributed by atoms with E-state index in [4.69, 9.17) is 4.74 Å². The second-order valence-electron chi connectivity index (χ2n) is 7.00. The van der Waals surface area contributed by atoms with Crippen LogP contribution in [0.3, 0.4) is 0 Å². The fraction of sp³-hybridized carbons (Fsp3) is 0.364. The molecule has 1 aliphatic rings. The zero-order valence-electron chi connectivity index (χ0n) is 16.4. The van der Waals surface area contributed by atoms with Crippen LogP contribution in [0.15, 0.2) is 46.9 Å². The molecule has 5 nitrogen and oxygen atoms in total. The van der Waals surface area contributed by atoms with Gasteiger partial charge in [-0.05, 0) is 64.7 Å². The topological polar surface area (TPSA) is 49.9 Å². The molecule has 0 N–H and O–H groups in total. The minimum Gasteiger partial charge on any atom is -0.497 e. The quantitative estimate of drug-likeness (QED) is 0.676. The van der Waals surface area contributed by atoms with Gasteiger partial charge < -0.3 is 14.5 Å². The number of hydrogen-bond acceptors (Lipinski definition) is 3. The van der Waals surface area contributed by atoms with Gasteiger partial charge in [-0.25, -0.2) is 4.39 Å². The van der Waals surface area contributed by atoms with Crippen molar-refractivity contribution in [3.8, 4) is 5.75 Å². The normalized spacial score (nSPS) is 14.4. The molecule has 1 heterocycles. The largest absolute Gasteiger partial charge is 0.497 e. The van der Waals surface area contributed by atoms with Crippen molar-refractivity contribution in [2.75, 3.05) is 33.3 Å². The van der Waals surface area contributed by atoms with E-state index < -0.39 is 5.82 Å². The number of nitrogens with zero attached hydrogens (tertiary/aromatic N) is 2. The van der Waals surface area contributed by atoms with E-state index >= 15 is 0 Å². The zero-order chi connectivity index (χ0) is 20.8. The monoisotopic (exact) mass is 462 g/mol. The van der Waals surface area contributed by atoms with Gasteiger partial charge in [-0.1, -0.05) is 12.1 Å². The van der Waals surface area contributed by atoms with Crippen LogP contribution >= 0.6 is 15.9 Å². The van der Waals surface area contributed by atoms with Crippen molar-refractivity contribution in [3.05, 3.63) is 63.9 Å². The number of amides is 2. The lowest BCUT2D eigenvalue weighted by Gasteiger charge is -2.22. The van der Waals surface area contributed by atoms with Crippen molar-refractivity contribution in [2.24, 2.45) is 0 Å². The lowest BCUT2D eigenvalue weighted by molar-refractivity contribution is -0.131. The smallest absolute Gasteiger partial charge is 0.255 e. The number of halogens is 2. The molecule has 0 atom stereocenters. The van der Waals surface area contributed by atoms with Crippen LogP contribution in [0.1, 0.15) is 28.8 Å². The van der Waals surface area contributed by atoms with Crippen molar-refractivity contribution in [3.63, 3.8) is 0 Å². The van der Waals surface area contributed by atoms with Gasteiger partial charge in [0.25, 0.3) is 5.91 Å². The first kappa shape index (κ1) is 21.3. The summed E-state index contributed by atoms with van der Waals surface area (Å²) in [6, 6.07) is 11.8. The first-order valence-corrected chi connectivity index (χ1v) is 10.4. The average Bonchev–Trinajstić information content (AvgIpc) is 3.00. The highest BCUT2D eigenvalue weighted by Gasteiger charge is 2.24. The van der Waals surface area contributed by atoms with Gasteiger partial charge in [-0.3, -0.25) is 9.59 Å². The molecule has 3 rings (SSSR count). The van der Waals surface area contributed by atoms with E-state index in [9.17, 15) is 14.0 Å². The Morgan fingerprint density at radius 3 is 2.45 bits per heavy atom. The summed E-state index contributed by atoms with van der Waals surface area (Å²) in [6.07, 6.45) is 1.79. The third-order valence-electron chi connectivity index (χ3n) is 5.08.